The molecule has 4 nitrogen and oxygen atoms in total. The molecule has 21 heavy (non-hydrogen) atoms. The maximum atomic E-state index is 12.1. The molecule has 0 bridgehead atoms. The van der Waals surface area contributed by atoms with Crippen LogP contribution in [0.1, 0.15) is 40.0 Å². The molecule has 0 unspecified atom stereocenters. The van der Waals surface area contributed by atoms with Crippen LogP contribution in [0.5, 0.6) is 5.75 Å². The molecule has 0 amide bonds. The van der Waals surface area contributed by atoms with Crippen LogP contribution in [-0.2, 0) is 10.0 Å². The van der Waals surface area contributed by atoms with Crippen molar-refractivity contribution in [3.8, 4) is 5.75 Å². The summed E-state index contributed by atoms with van der Waals surface area (Å²) in [6.07, 6.45) is 4.64. The lowest BCUT2D eigenvalue weighted by Gasteiger charge is -2.22. The Bertz CT molecular complexity index is 547. The van der Waals surface area contributed by atoms with E-state index in [0.717, 1.165) is 19.3 Å². The van der Waals surface area contributed by atoms with Crippen molar-refractivity contribution < 1.29 is 13.2 Å². The lowest BCUT2D eigenvalue weighted by molar-refractivity contribution is 0.162. The van der Waals surface area contributed by atoms with Gasteiger partial charge < -0.3 is 4.74 Å². The summed E-state index contributed by atoms with van der Waals surface area (Å²) in [4.78, 5) is 0.253. The third-order valence-electron chi connectivity index (χ3n) is 3.08. The van der Waals surface area contributed by atoms with Crippen LogP contribution < -0.4 is 9.46 Å². The van der Waals surface area contributed by atoms with Gasteiger partial charge in [-0.2, -0.15) is 0 Å². The molecular weight excluding hydrogens is 286 g/mol. The summed E-state index contributed by atoms with van der Waals surface area (Å²) in [5.41, 5.74) is -0.487. The zero-order valence-electron chi connectivity index (χ0n) is 13.1. The zero-order valence-corrected chi connectivity index (χ0v) is 13.9. The molecule has 0 saturated carbocycles. The van der Waals surface area contributed by atoms with Crippen molar-refractivity contribution in [2.75, 3.05) is 6.54 Å². The first-order valence-corrected chi connectivity index (χ1v) is 8.71. The summed E-state index contributed by atoms with van der Waals surface area (Å²) >= 11 is 0. The maximum Gasteiger partial charge on any atom is 0.240 e. The zero-order chi connectivity index (χ0) is 15.9. The Hall–Kier alpha value is -1.33. The summed E-state index contributed by atoms with van der Waals surface area (Å²) in [6.45, 7) is 10.0. The molecule has 1 rings (SSSR count). The van der Waals surface area contributed by atoms with Gasteiger partial charge in [-0.05, 0) is 50.6 Å². The molecule has 0 saturated heterocycles. The Morgan fingerprint density at radius 2 is 1.86 bits per heavy atom. The molecule has 0 aliphatic heterocycles. The largest absolute Gasteiger partial charge is 0.484 e. The van der Waals surface area contributed by atoms with Crippen LogP contribution in [0.15, 0.2) is 41.8 Å². The first-order valence-electron chi connectivity index (χ1n) is 7.23. The van der Waals surface area contributed by atoms with E-state index in [9.17, 15) is 8.42 Å². The van der Waals surface area contributed by atoms with Crippen LogP contribution >= 0.6 is 0 Å². The fourth-order valence-corrected chi connectivity index (χ4v) is 2.77. The first kappa shape index (κ1) is 17.7. The highest BCUT2D eigenvalue weighted by Gasteiger charge is 2.16. The highest BCUT2D eigenvalue weighted by atomic mass is 32.2. The highest BCUT2D eigenvalue weighted by Crippen LogP contribution is 2.21. The molecule has 1 aromatic carbocycles. The number of hydrogen-bond acceptors (Lipinski definition) is 3. The molecular formula is C16H25NO3S. The second-order valence-electron chi connectivity index (χ2n) is 5.49. The van der Waals surface area contributed by atoms with E-state index in [1.54, 1.807) is 30.3 Å². The number of sulfonamides is 1. The van der Waals surface area contributed by atoms with Crippen LogP contribution in [0.3, 0.4) is 0 Å². The average molecular weight is 311 g/mol. The van der Waals surface area contributed by atoms with Crippen molar-refractivity contribution in [1.29, 1.82) is 0 Å². The molecule has 0 aromatic heterocycles. The van der Waals surface area contributed by atoms with Gasteiger partial charge in [-0.15, -0.1) is 0 Å². The smallest absolute Gasteiger partial charge is 0.240 e. The van der Waals surface area contributed by atoms with E-state index in [1.807, 2.05) is 13.8 Å². The van der Waals surface area contributed by atoms with Crippen LogP contribution in [0.25, 0.3) is 0 Å². The fraction of sp³-hybridized carbons (Fsp3) is 0.500. The van der Waals surface area contributed by atoms with Crippen molar-refractivity contribution in [3.05, 3.63) is 36.9 Å². The number of rotatable bonds is 9. The van der Waals surface area contributed by atoms with Crippen molar-refractivity contribution in [2.45, 2.75) is 50.5 Å². The van der Waals surface area contributed by atoms with Crippen molar-refractivity contribution in [2.24, 2.45) is 0 Å². The van der Waals surface area contributed by atoms with Gasteiger partial charge in [0.25, 0.3) is 0 Å². The topological polar surface area (TPSA) is 55.4 Å². The summed E-state index contributed by atoms with van der Waals surface area (Å²) < 4.78 is 32.5. The number of ether oxygens (including phenoxy) is 1. The standard InChI is InChI=1S/C16H25NO3S/c1-5-7-8-13-17-21(18,19)15-11-9-14(10-12-15)20-16(3,4)6-2/h6,9-12,17H,2,5,7-8,13H2,1,3-4H3. The quantitative estimate of drug-likeness (QED) is 0.561. The summed E-state index contributed by atoms with van der Waals surface area (Å²) in [6, 6.07) is 6.42. The van der Waals surface area contributed by atoms with Gasteiger partial charge in [0.15, 0.2) is 0 Å². The van der Waals surface area contributed by atoms with Gasteiger partial charge in [-0.1, -0.05) is 26.3 Å². The van der Waals surface area contributed by atoms with E-state index < -0.39 is 15.6 Å². The van der Waals surface area contributed by atoms with Crippen LogP contribution in [0.2, 0.25) is 0 Å². The number of nitrogens with one attached hydrogen (secondary N) is 1. The van der Waals surface area contributed by atoms with Gasteiger partial charge in [-0.3, -0.25) is 0 Å². The third kappa shape index (κ3) is 5.89. The normalized spacial score (nSPS) is 12.1. The summed E-state index contributed by atoms with van der Waals surface area (Å²) in [5.74, 6) is 0.616. The van der Waals surface area contributed by atoms with E-state index in [4.69, 9.17) is 4.74 Å². The minimum Gasteiger partial charge on any atom is -0.484 e. The highest BCUT2D eigenvalue weighted by molar-refractivity contribution is 7.89. The van der Waals surface area contributed by atoms with Crippen molar-refractivity contribution in [1.82, 2.24) is 4.72 Å². The van der Waals surface area contributed by atoms with Gasteiger partial charge >= 0.3 is 0 Å². The number of unbranched alkanes of at least 4 members (excludes halogenated alkanes) is 2. The molecule has 0 aliphatic carbocycles. The molecule has 1 N–H and O–H groups in total. The Morgan fingerprint density at radius 1 is 1.24 bits per heavy atom. The van der Waals surface area contributed by atoms with Gasteiger partial charge in [0, 0.05) is 6.54 Å². The van der Waals surface area contributed by atoms with Crippen molar-refractivity contribution in [3.63, 3.8) is 0 Å². The molecule has 0 fully saturated rings. The van der Waals surface area contributed by atoms with E-state index in [0.29, 0.717) is 12.3 Å². The molecule has 0 heterocycles. The Kier molecular flexibility index (Phi) is 6.42. The van der Waals surface area contributed by atoms with E-state index in [-0.39, 0.29) is 4.90 Å². The van der Waals surface area contributed by atoms with Crippen LogP contribution in [0.4, 0.5) is 0 Å². The Morgan fingerprint density at radius 3 is 2.38 bits per heavy atom. The van der Waals surface area contributed by atoms with Gasteiger partial charge in [0.05, 0.1) is 4.90 Å². The van der Waals surface area contributed by atoms with E-state index in [1.165, 1.54) is 0 Å². The van der Waals surface area contributed by atoms with Crippen LogP contribution in [0, 0.1) is 0 Å². The lowest BCUT2D eigenvalue weighted by Crippen LogP contribution is -2.25. The van der Waals surface area contributed by atoms with Gasteiger partial charge in [0.2, 0.25) is 10.0 Å². The molecule has 5 heteroatoms. The number of hydrogen-bond donors (Lipinski definition) is 1. The Balaban J connectivity index is 2.70. The molecule has 118 valence electrons. The summed E-state index contributed by atoms with van der Waals surface area (Å²) in [5, 5.41) is 0. The molecule has 0 radical (unpaired) electrons. The molecule has 0 atom stereocenters. The van der Waals surface area contributed by atoms with Gasteiger partial charge in [0.1, 0.15) is 11.4 Å². The van der Waals surface area contributed by atoms with Crippen LogP contribution in [-0.4, -0.2) is 20.6 Å². The fourth-order valence-electron chi connectivity index (χ4n) is 1.70. The SMILES string of the molecule is C=CC(C)(C)Oc1ccc(S(=O)(=O)NCCCCC)cc1. The average Bonchev–Trinajstić information content (AvgIpc) is 2.44. The second-order valence-corrected chi connectivity index (χ2v) is 7.25. The maximum absolute atomic E-state index is 12.1. The summed E-state index contributed by atoms with van der Waals surface area (Å²) in [7, 11) is -3.43. The number of benzene rings is 1. The van der Waals surface area contributed by atoms with E-state index in [2.05, 4.69) is 18.2 Å². The first-order chi connectivity index (χ1) is 9.80. The third-order valence-corrected chi connectivity index (χ3v) is 4.56. The minimum atomic E-state index is -3.43. The molecule has 1 aromatic rings. The van der Waals surface area contributed by atoms with Gasteiger partial charge in [-0.25, -0.2) is 13.1 Å². The predicted molar refractivity (Wildman–Crippen MR) is 86.1 cm³/mol. The van der Waals surface area contributed by atoms with Crippen molar-refractivity contribution >= 4 is 10.0 Å². The molecule has 0 aliphatic rings. The lowest BCUT2D eigenvalue weighted by atomic mass is 10.1. The minimum absolute atomic E-state index is 0.253. The monoisotopic (exact) mass is 311 g/mol. The Labute approximate surface area is 128 Å². The predicted octanol–water partition coefficient (Wildman–Crippen LogP) is 3.50. The van der Waals surface area contributed by atoms with E-state index >= 15 is 0 Å². The molecule has 0 spiro atoms. The second kappa shape index (κ2) is 7.61.